The lowest BCUT2D eigenvalue weighted by Gasteiger charge is -2.11. The first-order chi connectivity index (χ1) is 7.36. The summed E-state index contributed by atoms with van der Waals surface area (Å²) in [6.07, 6.45) is 4.42. The molecule has 0 bridgehead atoms. The Kier molecular flexibility index (Phi) is 9.71. The number of halogens is 1. The fourth-order valence-corrected chi connectivity index (χ4v) is 1.49. The minimum atomic E-state index is 0. The highest BCUT2D eigenvalue weighted by atomic mass is 127. The molecule has 1 rings (SSSR count). The molecule has 1 atom stereocenters. The van der Waals surface area contributed by atoms with E-state index in [9.17, 15) is 0 Å². The third-order valence-corrected chi connectivity index (χ3v) is 2.24. The lowest BCUT2D eigenvalue weighted by Crippen LogP contribution is -2.37. The van der Waals surface area contributed by atoms with E-state index in [1.165, 1.54) is 0 Å². The number of hydrogen-bond donors (Lipinski definition) is 2. The zero-order chi connectivity index (χ0) is 10.9. The lowest BCUT2D eigenvalue weighted by molar-refractivity contribution is 0.117. The number of rotatable bonds is 5. The average Bonchev–Trinajstić information content (AvgIpc) is 2.75. The minimum absolute atomic E-state index is 0. The van der Waals surface area contributed by atoms with Crippen LogP contribution >= 0.6 is 24.0 Å². The van der Waals surface area contributed by atoms with Gasteiger partial charge in [0.1, 0.15) is 0 Å². The Hall–Kier alpha value is -0.300. The standard InChI is InChI=1S/C11H21N3O.HI/c1-3-7-13-11(12-4-2)14-9-10-6-5-8-15-10;/h3,10H,1,4-9H2,2H3,(H2,12,13,14);1H. The molecule has 0 amide bonds. The van der Waals surface area contributed by atoms with Gasteiger partial charge in [0, 0.05) is 19.7 Å². The molecule has 1 aliphatic rings. The van der Waals surface area contributed by atoms with Crippen molar-refractivity contribution in [2.45, 2.75) is 25.9 Å². The predicted molar refractivity (Wildman–Crippen MR) is 78.6 cm³/mol. The van der Waals surface area contributed by atoms with Gasteiger partial charge in [-0.2, -0.15) is 0 Å². The summed E-state index contributed by atoms with van der Waals surface area (Å²) in [5.41, 5.74) is 0. The number of nitrogens with zero attached hydrogens (tertiary/aromatic N) is 1. The summed E-state index contributed by atoms with van der Waals surface area (Å²) in [6.45, 7) is 8.94. The van der Waals surface area contributed by atoms with Crippen molar-refractivity contribution in [3.63, 3.8) is 0 Å². The van der Waals surface area contributed by atoms with E-state index in [0.29, 0.717) is 6.10 Å². The van der Waals surface area contributed by atoms with Gasteiger partial charge in [0.05, 0.1) is 12.6 Å². The van der Waals surface area contributed by atoms with E-state index < -0.39 is 0 Å². The monoisotopic (exact) mass is 339 g/mol. The molecule has 0 saturated carbocycles. The summed E-state index contributed by atoms with van der Waals surface area (Å²) >= 11 is 0. The Morgan fingerprint density at radius 1 is 1.56 bits per heavy atom. The fourth-order valence-electron chi connectivity index (χ4n) is 1.49. The summed E-state index contributed by atoms with van der Waals surface area (Å²) in [7, 11) is 0. The summed E-state index contributed by atoms with van der Waals surface area (Å²) in [6, 6.07) is 0. The second kappa shape index (κ2) is 9.89. The molecule has 0 aromatic carbocycles. The molecule has 1 fully saturated rings. The van der Waals surface area contributed by atoms with Gasteiger partial charge >= 0.3 is 0 Å². The van der Waals surface area contributed by atoms with Crippen molar-refractivity contribution in [2.24, 2.45) is 4.99 Å². The molecule has 1 aliphatic heterocycles. The second-order valence-electron chi connectivity index (χ2n) is 3.52. The topological polar surface area (TPSA) is 45.7 Å². The van der Waals surface area contributed by atoms with Gasteiger partial charge in [0.25, 0.3) is 0 Å². The van der Waals surface area contributed by atoms with Crippen LogP contribution in [0.15, 0.2) is 17.6 Å². The molecule has 2 N–H and O–H groups in total. The van der Waals surface area contributed by atoms with E-state index in [1.807, 2.05) is 6.08 Å². The van der Waals surface area contributed by atoms with E-state index in [1.54, 1.807) is 0 Å². The quantitative estimate of drug-likeness (QED) is 0.346. The van der Waals surface area contributed by atoms with Crippen LogP contribution in [0, 0.1) is 0 Å². The van der Waals surface area contributed by atoms with Crippen LogP contribution in [0.25, 0.3) is 0 Å². The largest absolute Gasteiger partial charge is 0.376 e. The SMILES string of the molecule is C=CCNC(=NCC1CCCO1)NCC.I. The van der Waals surface area contributed by atoms with Crippen LogP contribution in [0.1, 0.15) is 19.8 Å². The summed E-state index contributed by atoms with van der Waals surface area (Å²) in [5, 5.41) is 6.34. The third kappa shape index (κ3) is 6.32. The van der Waals surface area contributed by atoms with Gasteiger partial charge in [-0.3, -0.25) is 4.99 Å². The Labute approximate surface area is 115 Å². The molecule has 0 aromatic rings. The highest BCUT2D eigenvalue weighted by Crippen LogP contribution is 2.11. The molecule has 1 unspecified atom stereocenters. The van der Waals surface area contributed by atoms with E-state index in [4.69, 9.17) is 4.74 Å². The van der Waals surface area contributed by atoms with Crippen molar-refractivity contribution in [1.29, 1.82) is 0 Å². The average molecular weight is 339 g/mol. The van der Waals surface area contributed by atoms with E-state index >= 15 is 0 Å². The van der Waals surface area contributed by atoms with Crippen molar-refractivity contribution in [1.82, 2.24) is 10.6 Å². The van der Waals surface area contributed by atoms with Crippen LogP contribution in [-0.2, 0) is 4.74 Å². The fraction of sp³-hybridized carbons (Fsp3) is 0.727. The van der Waals surface area contributed by atoms with Crippen LogP contribution in [0.2, 0.25) is 0 Å². The van der Waals surface area contributed by atoms with Crippen LogP contribution in [0.4, 0.5) is 0 Å². The van der Waals surface area contributed by atoms with Crippen molar-refractivity contribution in [2.75, 3.05) is 26.2 Å². The predicted octanol–water partition coefficient (Wildman–Crippen LogP) is 1.52. The lowest BCUT2D eigenvalue weighted by atomic mass is 10.2. The summed E-state index contributed by atoms with van der Waals surface area (Å²) in [4.78, 5) is 4.45. The normalized spacial score (nSPS) is 20.1. The Balaban J connectivity index is 0.00000225. The maximum Gasteiger partial charge on any atom is 0.191 e. The molecule has 0 aliphatic carbocycles. The molecule has 0 aromatic heterocycles. The number of aliphatic imine (C=N–C) groups is 1. The molecular formula is C11H22IN3O. The number of nitrogens with one attached hydrogen (secondary N) is 2. The van der Waals surface area contributed by atoms with Crippen LogP contribution in [0.5, 0.6) is 0 Å². The second-order valence-corrected chi connectivity index (χ2v) is 3.52. The molecule has 5 heteroatoms. The van der Waals surface area contributed by atoms with Crippen LogP contribution < -0.4 is 10.6 Å². The highest BCUT2D eigenvalue weighted by molar-refractivity contribution is 14.0. The van der Waals surface area contributed by atoms with E-state index in [0.717, 1.165) is 45.0 Å². The van der Waals surface area contributed by atoms with Gasteiger partial charge < -0.3 is 15.4 Å². The van der Waals surface area contributed by atoms with Crippen molar-refractivity contribution in [3.05, 3.63) is 12.7 Å². The van der Waals surface area contributed by atoms with Gasteiger partial charge in [-0.05, 0) is 19.8 Å². The smallest absolute Gasteiger partial charge is 0.191 e. The third-order valence-electron chi connectivity index (χ3n) is 2.24. The zero-order valence-electron chi connectivity index (χ0n) is 9.87. The van der Waals surface area contributed by atoms with Crippen LogP contribution in [0.3, 0.4) is 0 Å². The van der Waals surface area contributed by atoms with Gasteiger partial charge in [-0.15, -0.1) is 30.6 Å². The van der Waals surface area contributed by atoms with Gasteiger partial charge in [0.15, 0.2) is 5.96 Å². The minimum Gasteiger partial charge on any atom is -0.376 e. The maximum atomic E-state index is 5.50. The zero-order valence-corrected chi connectivity index (χ0v) is 12.2. The van der Waals surface area contributed by atoms with E-state index in [2.05, 4.69) is 29.1 Å². The number of ether oxygens (including phenoxy) is 1. The molecule has 1 saturated heterocycles. The first kappa shape index (κ1) is 15.7. The Morgan fingerprint density at radius 3 is 2.94 bits per heavy atom. The first-order valence-electron chi connectivity index (χ1n) is 5.61. The summed E-state index contributed by atoms with van der Waals surface area (Å²) in [5.74, 6) is 0.841. The molecule has 16 heavy (non-hydrogen) atoms. The highest BCUT2D eigenvalue weighted by Gasteiger charge is 2.14. The first-order valence-corrected chi connectivity index (χ1v) is 5.61. The molecule has 4 nitrogen and oxygen atoms in total. The maximum absolute atomic E-state index is 5.50. The number of guanidine groups is 1. The Bertz CT molecular complexity index is 215. The molecule has 94 valence electrons. The van der Waals surface area contributed by atoms with Crippen molar-refractivity contribution < 1.29 is 4.74 Å². The van der Waals surface area contributed by atoms with Gasteiger partial charge in [-0.1, -0.05) is 6.08 Å². The van der Waals surface area contributed by atoms with Crippen LogP contribution in [-0.4, -0.2) is 38.3 Å². The van der Waals surface area contributed by atoms with Gasteiger partial charge in [0.2, 0.25) is 0 Å². The molecular weight excluding hydrogens is 317 g/mol. The Morgan fingerprint density at radius 2 is 2.38 bits per heavy atom. The molecule has 0 spiro atoms. The molecule has 0 radical (unpaired) electrons. The van der Waals surface area contributed by atoms with Crippen molar-refractivity contribution in [3.8, 4) is 0 Å². The number of hydrogen-bond acceptors (Lipinski definition) is 2. The van der Waals surface area contributed by atoms with E-state index in [-0.39, 0.29) is 24.0 Å². The van der Waals surface area contributed by atoms with Gasteiger partial charge in [-0.25, -0.2) is 0 Å². The summed E-state index contributed by atoms with van der Waals surface area (Å²) < 4.78 is 5.50. The van der Waals surface area contributed by atoms with Crippen molar-refractivity contribution >= 4 is 29.9 Å². The molecule has 1 heterocycles.